The van der Waals surface area contributed by atoms with E-state index >= 15 is 0 Å². The lowest BCUT2D eigenvalue weighted by Gasteiger charge is -2.44. The Morgan fingerprint density at radius 2 is 1.83 bits per heavy atom. The summed E-state index contributed by atoms with van der Waals surface area (Å²) in [6.45, 7) is 3.48. The molecule has 36 heavy (non-hydrogen) atoms. The Morgan fingerprint density at radius 1 is 1.08 bits per heavy atom. The first kappa shape index (κ1) is 24.3. The number of carbonyl (C=O) groups excluding carboxylic acids is 2. The van der Waals surface area contributed by atoms with Crippen molar-refractivity contribution in [3.8, 4) is 0 Å². The quantitative estimate of drug-likeness (QED) is 0.347. The van der Waals surface area contributed by atoms with Crippen molar-refractivity contribution in [2.75, 3.05) is 30.0 Å². The Hall–Kier alpha value is -3.39. The van der Waals surface area contributed by atoms with Crippen LogP contribution in [0.1, 0.15) is 55.8 Å². The molecule has 2 aromatic carbocycles. The number of carbonyl (C=O) groups is 2. The molecule has 3 fully saturated rings. The third-order valence-corrected chi connectivity index (χ3v) is 7.89. The number of guanidine groups is 1. The molecule has 0 unspecified atom stereocenters. The molecule has 0 bridgehead atoms. The van der Waals surface area contributed by atoms with Crippen LogP contribution in [-0.4, -0.2) is 59.9 Å². The van der Waals surface area contributed by atoms with Gasteiger partial charge in [-0.25, -0.2) is 4.99 Å². The van der Waals surface area contributed by atoms with E-state index in [1.807, 2.05) is 42.5 Å². The average molecular weight is 489 g/mol. The maximum absolute atomic E-state index is 13.1. The normalized spacial score (nSPS) is 24.1. The van der Waals surface area contributed by atoms with E-state index in [2.05, 4.69) is 32.6 Å². The first-order valence-corrected chi connectivity index (χ1v) is 13.0. The third-order valence-electron chi connectivity index (χ3n) is 7.89. The van der Waals surface area contributed by atoms with E-state index in [4.69, 9.17) is 10.7 Å². The highest BCUT2D eigenvalue weighted by Crippen LogP contribution is 2.36. The van der Waals surface area contributed by atoms with Crippen molar-refractivity contribution in [2.24, 2.45) is 10.7 Å². The van der Waals surface area contributed by atoms with Gasteiger partial charge in [-0.1, -0.05) is 43.2 Å². The Bertz CT molecular complexity index is 1130. The Labute approximate surface area is 212 Å². The second kappa shape index (κ2) is 10.3. The van der Waals surface area contributed by atoms with Gasteiger partial charge >= 0.3 is 0 Å². The molecular weight excluding hydrogens is 452 g/mol. The molecule has 190 valence electrons. The molecule has 2 atom stereocenters. The van der Waals surface area contributed by atoms with Crippen molar-refractivity contribution in [3.63, 3.8) is 0 Å². The van der Waals surface area contributed by atoms with Gasteiger partial charge in [-0.15, -0.1) is 0 Å². The molecule has 0 aromatic heterocycles. The number of nitrogens with zero attached hydrogens (tertiary/aromatic N) is 3. The highest BCUT2D eigenvalue weighted by Gasteiger charge is 2.50. The van der Waals surface area contributed by atoms with Gasteiger partial charge in [0.15, 0.2) is 11.7 Å². The number of ketones is 1. The Balaban J connectivity index is 1.39. The van der Waals surface area contributed by atoms with E-state index in [1.54, 1.807) is 6.92 Å². The predicted molar refractivity (Wildman–Crippen MR) is 143 cm³/mol. The zero-order chi connectivity index (χ0) is 25.1. The fraction of sp³-hybridized carbons (Fsp3) is 0.464. The molecule has 8 heteroatoms. The zero-order valence-corrected chi connectivity index (χ0v) is 21.0. The van der Waals surface area contributed by atoms with Crippen LogP contribution in [0.2, 0.25) is 0 Å². The van der Waals surface area contributed by atoms with E-state index in [-0.39, 0.29) is 23.8 Å². The van der Waals surface area contributed by atoms with Crippen LogP contribution in [0.5, 0.6) is 0 Å². The third kappa shape index (κ3) is 4.82. The number of hydrogen-bond donors (Lipinski definition) is 3. The molecule has 2 aromatic rings. The average Bonchev–Trinajstić information content (AvgIpc) is 3.21. The summed E-state index contributed by atoms with van der Waals surface area (Å²) in [6.07, 6.45) is 5.62. The van der Waals surface area contributed by atoms with Crippen molar-refractivity contribution in [1.29, 1.82) is 0 Å². The standard InChI is InChI=1S/C28H36N6O2/c1-20(35)21-8-7-9-22(18-21)31-27(32-25-13-6-5-12-24(25)29)33-16-14-28(15-17-33)26(36)30-19-34(28)23-10-3-2-4-11-23/h2-4,7-11,18,24-25H,5-6,12-17,19,29H2,1H3,(H,30,36)(H,31,32)/t24-,25-/m0/s1. The summed E-state index contributed by atoms with van der Waals surface area (Å²) in [5.41, 5.74) is 8.44. The summed E-state index contributed by atoms with van der Waals surface area (Å²) in [6, 6.07) is 17.8. The molecule has 5 rings (SSSR count). The molecule has 4 N–H and O–H groups in total. The Kier molecular flexibility index (Phi) is 6.96. The number of rotatable bonds is 4. The van der Waals surface area contributed by atoms with Gasteiger partial charge in [0.1, 0.15) is 5.54 Å². The number of likely N-dealkylation sites (tertiary alicyclic amines) is 1. The van der Waals surface area contributed by atoms with Crippen molar-refractivity contribution in [3.05, 3.63) is 60.2 Å². The lowest BCUT2D eigenvalue weighted by molar-refractivity contribution is -0.124. The first-order valence-electron chi connectivity index (χ1n) is 13.0. The van der Waals surface area contributed by atoms with Crippen LogP contribution in [0.15, 0.2) is 59.6 Å². The summed E-state index contributed by atoms with van der Waals surface area (Å²) in [5.74, 6) is 0.901. The maximum atomic E-state index is 13.1. The van der Waals surface area contributed by atoms with Gasteiger partial charge in [0.25, 0.3) is 0 Å². The minimum Gasteiger partial charge on any atom is -0.342 e. The molecule has 2 saturated heterocycles. The molecule has 1 aliphatic carbocycles. The maximum Gasteiger partial charge on any atom is 0.247 e. The second-order valence-corrected chi connectivity index (χ2v) is 10.2. The van der Waals surface area contributed by atoms with Crippen LogP contribution in [0.4, 0.5) is 11.4 Å². The minimum atomic E-state index is -0.557. The van der Waals surface area contributed by atoms with E-state index in [9.17, 15) is 9.59 Å². The lowest BCUT2D eigenvalue weighted by Crippen LogP contribution is -2.58. The molecule has 2 heterocycles. The van der Waals surface area contributed by atoms with E-state index in [0.29, 0.717) is 38.2 Å². The van der Waals surface area contributed by atoms with Gasteiger partial charge in [0.05, 0.1) is 12.7 Å². The van der Waals surface area contributed by atoms with Crippen LogP contribution in [0.3, 0.4) is 0 Å². The smallest absolute Gasteiger partial charge is 0.247 e. The van der Waals surface area contributed by atoms with Crippen LogP contribution < -0.4 is 21.3 Å². The second-order valence-electron chi connectivity index (χ2n) is 10.2. The van der Waals surface area contributed by atoms with Crippen molar-refractivity contribution in [2.45, 2.75) is 63.1 Å². The summed E-state index contributed by atoms with van der Waals surface area (Å²) in [7, 11) is 0. The highest BCUT2D eigenvalue weighted by molar-refractivity contribution is 5.98. The molecule has 2 aliphatic heterocycles. The topological polar surface area (TPSA) is 103 Å². The van der Waals surface area contributed by atoms with Crippen LogP contribution in [0, 0.1) is 0 Å². The number of nitrogens with two attached hydrogens (primary N) is 1. The van der Waals surface area contributed by atoms with Gasteiger partial charge in [0.2, 0.25) is 5.91 Å². The number of piperidine rings is 1. The lowest BCUT2D eigenvalue weighted by atomic mass is 9.85. The first-order chi connectivity index (χ1) is 17.5. The van der Waals surface area contributed by atoms with Gasteiger partial charge in [-0.3, -0.25) is 9.59 Å². The number of aliphatic imine (C=N–C) groups is 1. The molecular formula is C28H36N6O2. The summed E-state index contributed by atoms with van der Waals surface area (Å²) in [4.78, 5) is 34.6. The number of Topliss-reactive ketones (excluding diaryl/α,β-unsaturated/α-hetero) is 1. The number of amides is 1. The summed E-state index contributed by atoms with van der Waals surface area (Å²) < 4.78 is 0. The zero-order valence-electron chi connectivity index (χ0n) is 21.0. The minimum absolute atomic E-state index is 0.0274. The fourth-order valence-corrected chi connectivity index (χ4v) is 5.72. The molecule has 1 amide bonds. The number of anilines is 2. The van der Waals surface area contributed by atoms with Gasteiger partial charge in [-0.05, 0) is 56.9 Å². The van der Waals surface area contributed by atoms with E-state index < -0.39 is 5.54 Å². The van der Waals surface area contributed by atoms with Crippen LogP contribution in [0.25, 0.3) is 0 Å². The van der Waals surface area contributed by atoms with Crippen LogP contribution in [-0.2, 0) is 4.79 Å². The van der Waals surface area contributed by atoms with Gasteiger partial charge in [0, 0.05) is 36.1 Å². The SMILES string of the molecule is CC(=O)c1cccc(NC(=N[C@H]2CCCC[C@@H]2N)N2CCC3(CC2)C(=O)NCN3c2ccccc2)c1. The van der Waals surface area contributed by atoms with Crippen LogP contribution >= 0.6 is 0 Å². The van der Waals surface area contributed by atoms with Crippen molar-refractivity contribution >= 4 is 29.0 Å². The summed E-state index contributed by atoms with van der Waals surface area (Å²) >= 11 is 0. The number of benzene rings is 2. The van der Waals surface area contributed by atoms with Gasteiger partial charge in [-0.2, -0.15) is 0 Å². The fourth-order valence-electron chi connectivity index (χ4n) is 5.72. The predicted octanol–water partition coefficient (Wildman–Crippen LogP) is 3.36. The molecule has 0 radical (unpaired) electrons. The molecule has 1 spiro atoms. The van der Waals surface area contributed by atoms with Gasteiger partial charge < -0.3 is 26.2 Å². The summed E-state index contributed by atoms with van der Waals surface area (Å²) in [5, 5.41) is 6.57. The van der Waals surface area contributed by atoms with E-state index in [0.717, 1.165) is 43.0 Å². The number of hydrogen-bond acceptors (Lipinski definition) is 5. The molecule has 1 saturated carbocycles. The van der Waals surface area contributed by atoms with Crippen molar-refractivity contribution < 1.29 is 9.59 Å². The molecule has 8 nitrogen and oxygen atoms in total. The highest BCUT2D eigenvalue weighted by atomic mass is 16.2. The number of para-hydroxylation sites is 1. The van der Waals surface area contributed by atoms with Crippen molar-refractivity contribution in [1.82, 2.24) is 10.2 Å². The number of nitrogens with one attached hydrogen (secondary N) is 2. The Morgan fingerprint density at radius 3 is 2.56 bits per heavy atom. The van der Waals surface area contributed by atoms with E-state index in [1.165, 1.54) is 0 Å². The largest absolute Gasteiger partial charge is 0.342 e. The molecule has 3 aliphatic rings. The monoisotopic (exact) mass is 488 g/mol.